The minimum Gasteiger partial charge on any atom is -0.384 e. The lowest BCUT2D eigenvalue weighted by molar-refractivity contribution is 0.201. The van der Waals surface area contributed by atoms with Gasteiger partial charge in [0, 0.05) is 19.7 Å². The Balaban J connectivity index is 2.28. The molecule has 0 atom stereocenters. The molecule has 2 heterocycles. The fraction of sp³-hybridized carbons (Fsp3) is 0.333. The molecule has 0 aliphatic heterocycles. The van der Waals surface area contributed by atoms with Crippen molar-refractivity contribution < 1.29 is 4.74 Å². The first kappa shape index (κ1) is 8.19. The number of nitrogens with one attached hydrogen (secondary N) is 1. The molecule has 4 nitrogen and oxygen atoms in total. The Labute approximate surface area is 76.0 Å². The van der Waals surface area contributed by atoms with Gasteiger partial charge < -0.3 is 9.72 Å². The van der Waals surface area contributed by atoms with E-state index >= 15 is 0 Å². The normalized spacial score (nSPS) is 10.8. The molecule has 4 heteroatoms. The highest BCUT2D eigenvalue weighted by molar-refractivity contribution is 5.69. The van der Waals surface area contributed by atoms with Crippen LogP contribution >= 0.6 is 0 Å². The Morgan fingerprint density at radius 2 is 2.46 bits per heavy atom. The molecule has 0 aromatic carbocycles. The average Bonchev–Trinajstić information content (AvgIpc) is 2.57. The Morgan fingerprint density at radius 1 is 1.54 bits per heavy atom. The van der Waals surface area contributed by atoms with Crippen LogP contribution in [-0.2, 0) is 11.2 Å². The van der Waals surface area contributed by atoms with E-state index in [0.717, 1.165) is 23.4 Å². The van der Waals surface area contributed by atoms with Crippen LogP contribution in [0.5, 0.6) is 0 Å². The van der Waals surface area contributed by atoms with Gasteiger partial charge in [-0.2, -0.15) is 0 Å². The lowest BCUT2D eigenvalue weighted by Crippen LogP contribution is -1.95. The summed E-state index contributed by atoms with van der Waals surface area (Å²) in [5, 5.41) is 0. The van der Waals surface area contributed by atoms with Crippen molar-refractivity contribution in [2.45, 2.75) is 6.42 Å². The first-order chi connectivity index (χ1) is 6.40. The van der Waals surface area contributed by atoms with Gasteiger partial charge in [-0.1, -0.05) is 0 Å². The number of rotatable bonds is 3. The lowest BCUT2D eigenvalue weighted by Gasteiger charge is -1.92. The fourth-order valence-corrected chi connectivity index (χ4v) is 1.21. The number of hydrogen-bond acceptors (Lipinski definition) is 3. The van der Waals surface area contributed by atoms with Crippen molar-refractivity contribution in [1.82, 2.24) is 15.0 Å². The van der Waals surface area contributed by atoms with Gasteiger partial charge in [0.25, 0.3) is 0 Å². The predicted molar refractivity (Wildman–Crippen MR) is 49.5 cm³/mol. The number of hydrogen-bond donors (Lipinski definition) is 1. The van der Waals surface area contributed by atoms with Crippen LogP contribution < -0.4 is 0 Å². The van der Waals surface area contributed by atoms with Crippen LogP contribution in [0.4, 0.5) is 0 Å². The number of aromatic amines is 1. The fourth-order valence-electron chi connectivity index (χ4n) is 1.21. The van der Waals surface area contributed by atoms with Gasteiger partial charge in [0.15, 0.2) is 5.65 Å². The summed E-state index contributed by atoms with van der Waals surface area (Å²) in [6, 6.07) is 3.85. The van der Waals surface area contributed by atoms with Gasteiger partial charge in [-0.3, -0.25) is 0 Å². The molecular formula is C9H11N3O. The average molecular weight is 177 g/mol. The molecule has 0 fully saturated rings. The van der Waals surface area contributed by atoms with E-state index in [1.165, 1.54) is 0 Å². The van der Waals surface area contributed by atoms with Gasteiger partial charge in [-0.25, -0.2) is 9.97 Å². The molecule has 0 amide bonds. The maximum absolute atomic E-state index is 4.96. The van der Waals surface area contributed by atoms with Crippen molar-refractivity contribution in [2.75, 3.05) is 13.7 Å². The monoisotopic (exact) mass is 177 g/mol. The van der Waals surface area contributed by atoms with Gasteiger partial charge in [0.1, 0.15) is 5.82 Å². The molecule has 2 rings (SSSR count). The van der Waals surface area contributed by atoms with E-state index in [1.54, 1.807) is 13.3 Å². The van der Waals surface area contributed by atoms with Crippen molar-refractivity contribution in [1.29, 1.82) is 0 Å². The van der Waals surface area contributed by atoms with Crippen LogP contribution in [0.2, 0.25) is 0 Å². The molecule has 1 N–H and O–H groups in total. The first-order valence-corrected chi connectivity index (χ1v) is 4.18. The molecule has 0 aliphatic rings. The second kappa shape index (κ2) is 3.53. The highest BCUT2D eigenvalue weighted by Crippen LogP contribution is 2.07. The van der Waals surface area contributed by atoms with Gasteiger partial charge >= 0.3 is 0 Å². The Morgan fingerprint density at radius 3 is 3.23 bits per heavy atom. The minimum atomic E-state index is 0.680. The smallest absolute Gasteiger partial charge is 0.177 e. The standard InChI is InChI=1S/C9H11N3O/c1-13-6-4-8-11-7-3-2-5-10-9(7)12-8/h2-3,5H,4,6H2,1H3,(H,10,11,12). The lowest BCUT2D eigenvalue weighted by atomic mass is 10.4. The Hall–Kier alpha value is -1.42. The number of methoxy groups -OCH3 is 1. The van der Waals surface area contributed by atoms with Crippen molar-refractivity contribution in [3.8, 4) is 0 Å². The van der Waals surface area contributed by atoms with Crippen molar-refractivity contribution in [2.24, 2.45) is 0 Å². The van der Waals surface area contributed by atoms with E-state index < -0.39 is 0 Å². The summed E-state index contributed by atoms with van der Waals surface area (Å²) >= 11 is 0. The van der Waals surface area contributed by atoms with Gasteiger partial charge in [-0.15, -0.1) is 0 Å². The summed E-state index contributed by atoms with van der Waals surface area (Å²) in [7, 11) is 1.68. The number of aromatic nitrogens is 3. The quantitative estimate of drug-likeness (QED) is 0.765. The van der Waals surface area contributed by atoms with E-state index in [-0.39, 0.29) is 0 Å². The maximum Gasteiger partial charge on any atom is 0.177 e. The van der Waals surface area contributed by atoms with Crippen LogP contribution in [0.1, 0.15) is 5.82 Å². The molecule has 13 heavy (non-hydrogen) atoms. The molecule has 0 unspecified atom stereocenters. The van der Waals surface area contributed by atoms with E-state index in [2.05, 4.69) is 15.0 Å². The predicted octanol–water partition coefficient (Wildman–Crippen LogP) is 1.15. The topological polar surface area (TPSA) is 50.8 Å². The third kappa shape index (κ3) is 1.67. The number of nitrogens with zero attached hydrogens (tertiary/aromatic N) is 2. The number of imidazole rings is 1. The molecule has 0 aliphatic carbocycles. The molecule has 0 saturated carbocycles. The van der Waals surface area contributed by atoms with Crippen LogP contribution in [-0.4, -0.2) is 28.7 Å². The summed E-state index contributed by atoms with van der Waals surface area (Å²) < 4.78 is 4.96. The minimum absolute atomic E-state index is 0.680. The van der Waals surface area contributed by atoms with E-state index in [4.69, 9.17) is 4.74 Å². The van der Waals surface area contributed by atoms with E-state index in [0.29, 0.717) is 6.61 Å². The zero-order valence-corrected chi connectivity index (χ0v) is 7.45. The van der Waals surface area contributed by atoms with Crippen molar-refractivity contribution >= 4 is 11.2 Å². The van der Waals surface area contributed by atoms with Gasteiger partial charge in [-0.05, 0) is 12.1 Å². The van der Waals surface area contributed by atoms with Crippen molar-refractivity contribution in [3.05, 3.63) is 24.2 Å². The Bertz CT molecular complexity index is 363. The van der Waals surface area contributed by atoms with Gasteiger partial charge in [0.05, 0.1) is 12.1 Å². The molecule has 2 aromatic rings. The number of fused-ring (bicyclic) bond motifs is 1. The first-order valence-electron chi connectivity index (χ1n) is 4.18. The summed E-state index contributed by atoms with van der Waals surface area (Å²) in [6.45, 7) is 0.680. The zero-order chi connectivity index (χ0) is 9.10. The van der Waals surface area contributed by atoms with Gasteiger partial charge in [0.2, 0.25) is 0 Å². The second-order valence-corrected chi connectivity index (χ2v) is 2.80. The molecule has 2 aromatic heterocycles. The molecule has 0 bridgehead atoms. The van der Waals surface area contributed by atoms with Crippen LogP contribution in [0, 0.1) is 0 Å². The zero-order valence-electron chi connectivity index (χ0n) is 7.45. The van der Waals surface area contributed by atoms with E-state index in [9.17, 15) is 0 Å². The maximum atomic E-state index is 4.96. The van der Waals surface area contributed by atoms with E-state index in [1.807, 2.05) is 12.1 Å². The largest absolute Gasteiger partial charge is 0.384 e. The summed E-state index contributed by atoms with van der Waals surface area (Å²) in [6.07, 6.45) is 2.54. The molecule has 0 radical (unpaired) electrons. The van der Waals surface area contributed by atoms with Crippen LogP contribution in [0.15, 0.2) is 18.3 Å². The number of pyridine rings is 1. The molecular weight excluding hydrogens is 166 g/mol. The molecule has 0 spiro atoms. The highest BCUT2D eigenvalue weighted by atomic mass is 16.5. The number of H-pyrrole nitrogens is 1. The second-order valence-electron chi connectivity index (χ2n) is 2.80. The Kier molecular flexibility index (Phi) is 2.23. The molecule has 68 valence electrons. The SMILES string of the molecule is COCCc1nc2ncccc2[nH]1. The third-order valence-corrected chi connectivity index (χ3v) is 1.85. The summed E-state index contributed by atoms with van der Waals surface area (Å²) in [4.78, 5) is 11.6. The summed E-state index contributed by atoms with van der Waals surface area (Å²) in [5.74, 6) is 0.926. The molecule has 0 saturated heterocycles. The van der Waals surface area contributed by atoms with Crippen LogP contribution in [0.3, 0.4) is 0 Å². The van der Waals surface area contributed by atoms with Crippen LogP contribution in [0.25, 0.3) is 11.2 Å². The van der Waals surface area contributed by atoms with Crippen molar-refractivity contribution in [3.63, 3.8) is 0 Å². The summed E-state index contributed by atoms with van der Waals surface area (Å²) in [5.41, 5.74) is 1.75. The number of ether oxygens (including phenoxy) is 1. The highest BCUT2D eigenvalue weighted by Gasteiger charge is 2.01. The third-order valence-electron chi connectivity index (χ3n) is 1.85.